The summed E-state index contributed by atoms with van der Waals surface area (Å²) in [5, 5.41) is 3.35. The molecule has 2 fully saturated rings. The Morgan fingerprint density at radius 2 is 1.77 bits per heavy atom. The van der Waals surface area contributed by atoms with Crippen molar-refractivity contribution in [2.24, 2.45) is 11.8 Å². The van der Waals surface area contributed by atoms with Crippen molar-refractivity contribution in [2.75, 3.05) is 20.1 Å². The lowest BCUT2D eigenvalue weighted by Gasteiger charge is -2.35. The van der Waals surface area contributed by atoms with E-state index in [1.54, 1.807) is 0 Å². The van der Waals surface area contributed by atoms with Crippen molar-refractivity contribution < 1.29 is 4.79 Å². The number of likely N-dealkylation sites (tertiary alicyclic amines) is 1. The standard InChI is InChI=1S/C18H34N2O.ClH/c1-3-7-16(14-15-8-5-4-6-9-15)18(21)20-12-10-17(19-2)11-13-20;/h15-17,19H,3-14H2,1-2H3;1H. The van der Waals surface area contributed by atoms with E-state index in [0.29, 0.717) is 17.9 Å². The summed E-state index contributed by atoms with van der Waals surface area (Å²) < 4.78 is 0. The topological polar surface area (TPSA) is 32.3 Å². The van der Waals surface area contributed by atoms with Crippen molar-refractivity contribution in [3.63, 3.8) is 0 Å². The lowest BCUT2D eigenvalue weighted by molar-refractivity contribution is -0.137. The number of piperidine rings is 1. The lowest BCUT2D eigenvalue weighted by atomic mass is 9.81. The monoisotopic (exact) mass is 330 g/mol. The van der Waals surface area contributed by atoms with E-state index in [0.717, 1.165) is 51.1 Å². The predicted molar refractivity (Wildman–Crippen MR) is 95.5 cm³/mol. The summed E-state index contributed by atoms with van der Waals surface area (Å²) in [5.74, 6) is 1.57. The number of nitrogens with zero attached hydrogens (tertiary/aromatic N) is 1. The molecule has 2 rings (SSSR count). The highest BCUT2D eigenvalue weighted by Crippen LogP contribution is 2.31. The number of rotatable bonds is 6. The molecule has 1 atom stereocenters. The smallest absolute Gasteiger partial charge is 0.225 e. The van der Waals surface area contributed by atoms with Crippen LogP contribution in [0, 0.1) is 11.8 Å². The van der Waals surface area contributed by atoms with Crippen molar-refractivity contribution in [2.45, 2.75) is 77.2 Å². The van der Waals surface area contributed by atoms with Gasteiger partial charge in [0, 0.05) is 25.0 Å². The molecule has 0 aromatic rings. The Hall–Kier alpha value is -0.280. The third-order valence-electron chi connectivity index (χ3n) is 5.54. The van der Waals surface area contributed by atoms with Crippen LogP contribution in [-0.4, -0.2) is 37.0 Å². The molecule has 4 heteroatoms. The maximum atomic E-state index is 12.9. The highest BCUT2D eigenvalue weighted by Gasteiger charge is 2.29. The van der Waals surface area contributed by atoms with Crippen LogP contribution in [0.5, 0.6) is 0 Å². The van der Waals surface area contributed by atoms with E-state index >= 15 is 0 Å². The minimum Gasteiger partial charge on any atom is -0.342 e. The normalized spacial score (nSPS) is 22.2. The Balaban J connectivity index is 0.00000242. The van der Waals surface area contributed by atoms with Crippen LogP contribution in [-0.2, 0) is 4.79 Å². The molecule has 0 aromatic heterocycles. The molecule has 0 radical (unpaired) electrons. The molecular weight excluding hydrogens is 296 g/mol. The van der Waals surface area contributed by atoms with Gasteiger partial charge in [-0.05, 0) is 38.6 Å². The van der Waals surface area contributed by atoms with Gasteiger partial charge < -0.3 is 10.2 Å². The van der Waals surface area contributed by atoms with E-state index in [4.69, 9.17) is 0 Å². The quantitative estimate of drug-likeness (QED) is 0.798. The lowest BCUT2D eigenvalue weighted by Crippen LogP contribution is -2.46. The molecule has 1 heterocycles. The largest absolute Gasteiger partial charge is 0.342 e. The number of halogens is 1. The highest BCUT2D eigenvalue weighted by molar-refractivity contribution is 5.85. The second-order valence-electron chi connectivity index (χ2n) is 7.11. The first-order valence-electron chi connectivity index (χ1n) is 9.20. The van der Waals surface area contributed by atoms with Crippen molar-refractivity contribution in [3.8, 4) is 0 Å². The van der Waals surface area contributed by atoms with E-state index in [-0.39, 0.29) is 12.4 Å². The summed E-state index contributed by atoms with van der Waals surface area (Å²) in [5.41, 5.74) is 0. The third kappa shape index (κ3) is 5.73. The summed E-state index contributed by atoms with van der Waals surface area (Å²) in [4.78, 5) is 15.0. The van der Waals surface area contributed by atoms with Crippen molar-refractivity contribution in [3.05, 3.63) is 0 Å². The molecule has 0 bridgehead atoms. The van der Waals surface area contributed by atoms with Gasteiger partial charge in [0.05, 0.1) is 0 Å². The molecule has 1 saturated carbocycles. The van der Waals surface area contributed by atoms with Gasteiger partial charge in [-0.25, -0.2) is 0 Å². The number of hydrogen-bond acceptors (Lipinski definition) is 2. The summed E-state index contributed by atoms with van der Waals surface area (Å²) in [6.07, 6.45) is 12.5. The summed E-state index contributed by atoms with van der Waals surface area (Å²) in [6, 6.07) is 0.608. The number of amides is 1. The van der Waals surface area contributed by atoms with Gasteiger partial charge in [0.15, 0.2) is 0 Å². The van der Waals surface area contributed by atoms with Gasteiger partial charge in [-0.3, -0.25) is 4.79 Å². The van der Waals surface area contributed by atoms with Crippen molar-refractivity contribution in [1.82, 2.24) is 10.2 Å². The van der Waals surface area contributed by atoms with Crippen molar-refractivity contribution in [1.29, 1.82) is 0 Å². The zero-order valence-corrected chi connectivity index (χ0v) is 15.3. The number of nitrogens with one attached hydrogen (secondary N) is 1. The molecule has 3 nitrogen and oxygen atoms in total. The first-order valence-corrected chi connectivity index (χ1v) is 9.20. The van der Waals surface area contributed by atoms with Gasteiger partial charge in [0.1, 0.15) is 0 Å². The minimum absolute atomic E-state index is 0. The maximum Gasteiger partial charge on any atom is 0.225 e. The van der Waals surface area contributed by atoms with E-state index in [1.165, 1.54) is 32.1 Å². The second kappa shape index (κ2) is 10.5. The molecule has 1 amide bonds. The van der Waals surface area contributed by atoms with Crippen LogP contribution in [0.3, 0.4) is 0 Å². The predicted octanol–water partition coefficient (Wildman–Crippen LogP) is 4.01. The molecular formula is C18H35ClN2O. The molecule has 2 aliphatic rings. The average molecular weight is 331 g/mol. The minimum atomic E-state index is 0. The molecule has 1 saturated heterocycles. The number of carbonyl (C=O) groups excluding carboxylic acids is 1. The molecule has 22 heavy (non-hydrogen) atoms. The van der Waals surface area contributed by atoms with E-state index in [1.807, 2.05) is 7.05 Å². The second-order valence-corrected chi connectivity index (χ2v) is 7.11. The highest BCUT2D eigenvalue weighted by atomic mass is 35.5. The molecule has 1 aliphatic heterocycles. The molecule has 130 valence electrons. The Morgan fingerprint density at radius 3 is 2.32 bits per heavy atom. The fourth-order valence-corrected chi connectivity index (χ4v) is 4.16. The van der Waals surface area contributed by atoms with Crippen LogP contribution in [0.15, 0.2) is 0 Å². The first-order chi connectivity index (χ1) is 10.2. The Morgan fingerprint density at radius 1 is 1.14 bits per heavy atom. The molecule has 0 aromatic carbocycles. The van der Waals surface area contributed by atoms with Crippen LogP contribution in [0.4, 0.5) is 0 Å². The van der Waals surface area contributed by atoms with Crippen LogP contribution in [0.1, 0.15) is 71.1 Å². The number of hydrogen-bond donors (Lipinski definition) is 1. The molecule has 1 aliphatic carbocycles. The van der Waals surface area contributed by atoms with Gasteiger partial charge >= 0.3 is 0 Å². The zero-order valence-electron chi connectivity index (χ0n) is 14.5. The van der Waals surface area contributed by atoms with Gasteiger partial charge in [-0.2, -0.15) is 0 Å². The molecule has 1 N–H and O–H groups in total. The SMILES string of the molecule is CCCC(CC1CCCCC1)C(=O)N1CCC(NC)CC1.Cl. The van der Waals surface area contributed by atoms with E-state index in [2.05, 4.69) is 17.1 Å². The van der Waals surface area contributed by atoms with Crippen LogP contribution < -0.4 is 5.32 Å². The number of carbonyl (C=O) groups is 1. The van der Waals surface area contributed by atoms with E-state index < -0.39 is 0 Å². The third-order valence-corrected chi connectivity index (χ3v) is 5.54. The average Bonchev–Trinajstić information content (AvgIpc) is 2.55. The summed E-state index contributed by atoms with van der Waals surface area (Å²) >= 11 is 0. The van der Waals surface area contributed by atoms with Gasteiger partial charge in [0.2, 0.25) is 5.91 Å². The van der Waals surface area contributed by atoms with Gasteiger partial charge in [-0.15, -0.1) is 12.4 Å². The molecule has 1 unspecified atom stereocenters. The fourth-order valence-electron chi connectivity index (χ4n) is 4.16. The zero-order chi connectivity index (χ0) is 15.1. The van der Waals surface area contributed by atoms with Crippen molar-refractivity contribution >= 4 is 18.3 Å². The van der Waals surface area contributed by atoms with Crippen LogP contribution in [0.2, 0.25) is 0 Å². The summed E-state index contributed by atoms with van der Waals surface area (Å²) in [6.45, 7) is 4.12. The van der Waals surface area contributed by atoms with Crippen LogP contribution in [0.25, 0.3) is 0 Å². The fraction of sp³-hybridized carbons (Fsp3) is 0.944. The van der Waals surface area contributed by atoms with E-state index in [9.17, 15) is 4.79 Å². The van der Waals surface area contributed by atoms with Crippen LogP contribution >= 0.6 is 12.4 Å². The Labute approximate surface area is 143 Å². The Bertz CT molecular complexity index is 310. The first kappa shape index (κ1) is 19.8. The summed E-state index contributed by atoms with van der Waals surface area (Å²) in [7, 11) is 2.03. The van der Waals surface area contributed by atoms with Gasteiger partial charge in [-0.1, -0.05) is 45.4 Å². The van der Waals surface area contributed by atoms with Gasteiger partial charge in [0.25, 0.3) is 0 Å². The molecule has 0 spiro atoms. The maximum absolute atomic E-state index is 12.9. The Kier molecular flexibility index (Phi) is 9.42.